The minimum atomic E-state index is -0.230. The fourth-order valence-corrected chi connectivity index (χ4v) is 1.84. The van der Waals surface area contributed by atoms with Gasteiger partial charge >= 0.3 is 0 Å². The van der Waals surface area contributed by atoms with Crippen LogP contribution in [0.25, 0.3) is 0 Å². The minimum Gasteiger partial charge on any atom is -0.310 e. The van der Waals surface area contributed by atoms with Crippen LogP contribution in [0.2, 0.25) is 0 Å². The normalized spacial score (nSPS) is 9.74. The van der Waals surface area contributed by atoms with Crippen LogP contribution in [-0.4, -0.2) is 17.9 Å². The van der Waals surface area contributed by atoms with Crippen LogP contribution in [0.1, 0.15) is 21.6 Å². The zero-order valence-corrected chi connectivity index (χ0v) is 10.8. The van der Waals surface area contributed by atoms with E-state index in [-0.39, 0.29) is 11.6 Å². The van der Waals surface area contributed by atoms with E-state index in [1.54, 1.807) is 18.0 Å². The molecular weight excluding hydrogens is 238 g/mol. The topological polar surface area (TPSA) is 57.0 Å². The lowest BCUT2D eigenvalue weighted by atomic mass is 10.1. The molecule has 0 aliphatic carbocycles. The van der Waals surface area contributed by atoms with Gasteiger partial charge < -0.3 is 4.90 Å². The molecule has 0 unspecified atom stereocenters. The molecule has 1 heterocycles. The summed E-state index contributed by atoms with van der Waals surface area (Å²) in [6, 6.07) is 12.7. The van der Waals surface area contributed by atoms with E-state index in [2.05, 4.69) is 4.98 Å². The van der Waals surface area contributed by atoms with Crippen molar-refractivity contribution in [2.45, 2.75) is 6.92 Å². The van der Waals surface area contributed by atoms with Crippen molar-refractivity contribution in [1.29, 1.82) is 5.26 Å². The Bertz CT molecular complexity index is 658. The van der Waals surface area contributed by atoms with E-state index >= 15 is 0 Å². The van der Waals surface area contributed by atoms with Crippen molar-refractivity contribution in [3.8, 4) is 6.07 Å². The molecule has 0 aliphatic rings. The molecule has 19 heavy (non-hydrogen) atoms. The molecule has 0 aliphatic heterocycles. The third kappa shape index (κ3) is 2.61. The SMILES string of the molecule is Cc1ccccc1N(C)C(=O)c1cc(C#N)ccn1. The molecule has 0 radical (unpaired) electrons. The number of hydrogen-bond acceptors (Lipinski definition) is 3. The van der Waals surface area contributed by atoms with Crippen LogP contribution in [0.5, 0.6) is 0 Å². The van der Waals surface area contributed by atoms with E-state index in [9.17, 15) is 4.79 Å². The molecule has 1 amide bonds. The molecule has 4 heteroatoms. The van der Waals surface area contributed by atoms with Gasteiger partial charge in [0.1, 0.15) is 5.69 Å². The van der Waals surface area contributed by atoms with Crippen LogP contribution in [0.15, 0.2) is 42.6 Å². The van der Waals surface area contributed by atoms with Gasteiger partial charge in [0.25, 0.3) is 5.91 Å². The predicted octanol–water partition coefficient (Wildman–Crippen LogP) is 2.54. The number of carbonyl (C=O) groups excluding carboxylic acids is 1. The van der Waals surface area contributed by atoms with Gasteiger partial charge in [0, 0.05) is 18.9 Å². The third-order valence-electron chi connectivity index (χ3n) is 2.89. The quantitative estimate of drug-likeness (QED) is 0.824. The molecule has 0 fully saturated rings. The Kier molecular flexibility index (Phi) is 3.58. The van der Waals surface area contributed by atoms with Gasteiger partial charge in [0.15, 0.2) is 0 Å². The zero-order chi connectivity index (χ0) is 13.8. The Morgan fingerprint density at radius 2 is 2.05 bits per heavy atom. The Morgan fingerprint density at radius 3 is 2.74 bits per heavy atom. The van der Waals surface area contributed by atoms with Crippen LogP contribution < -0.4 is 4.90 Å². The summed E-state index contributed by atoms with van der Waals surface area (Å²) in [5.41, 5.74) is 2.53. The number of benzene rings is 1. The summed E-state index contributed by atoms with van der Waals surface area (Å²) in [5.74, 6) is -0.230. The van der Waals surface area contributed by atoms with E-state index < -0.39 is 0 Å². The summed E-state index contributed by atoms with van der Waals surface area (Å²) >= 11 is 0. The molecule has 4 nitrogen and oxygen atoms in total. The highest BCUT2D eigenvalue weighted by atomic mass is 16.2. The maximum absolute atomic E-state index is 12.3. The first-order chi connectivity index (χ1) is 9.13. The van der Waals surface area contributed by atoms with Crippen LogP contribution in [0, 0.1) is 18.3 Å². The van der Waals surface area contributed by atoms with Gasteiger partial charge in [-0.2, -0.15) is 5.26 Å². The number of pyridine rings is 1. The largest absolute Gasteiger partial charge is 0.310 e. The Hall–Kier alpha value is -2.67. The monoisotopic (exact) mass is 251 g/mol. The fourth-order valence-electron chi connectivity index (χ4n) is 1.84. The summed E-state index contributed by atoms with van der Waals surface area (Å²) < 4.78 is 0. The van der Waals surface area contributed by atoms with Crippen LogP contribution in [0.3, 0.4) is 0 Å². The van der Waals surface area contributed by atoms with Crippen LogP contribution >= 0.6 is 0 Å². The number of aryl methyl sites for hydroxylation is 1. The summed E-state index contributed by atoms with van der Waals surface area (Å²) in [4.78, 5) is 17.9. The number of para-hydroxylation sites is 1. The zero-order valence-electron chi connectivity index (χ0n) is 10.8. The predicted molar refractivity (Wildman–Crippen MR) is 72.9 cm³/mol. The van der Waals surface area contributed by atoms with E-state index in [0.717, 1.165) is 11.3 Å². The molecular formula is C15H13N3O. The number of nitrogens with zero attached hydrogens (tertiary/aromatic N) is 3. The molecule has 2 aromatic rings. The Morgan fingerprint density at radius 1 is 1.32 bits per heavy atom. The molecule has 0 spiro atoms. The third-order valence-corrected chi connectivity index (χ3v) is 2.89. The highest BCUT2D eigenvalue weighted by Gasteiger charge is 2.16. The van der Waals surface area contributed by atoms with Gasteiger partial charge in [-0.1, -0.05) is 18.2 Å². The second-order valence-corrected chi connectivity index (χ2v) is 4.19. The van der Waals surface area contributed by atoms with Crippen molar-refractivity contribution in [2.75, 3.05) is 11.9 Å². The standard InChI is InChI=1S/C15H13N3O/c1-11-5-3-4-6-14(11)18(2)15(19)13-9-12(10-16)7-8-17-13/h3-9H,1-2H3. The van der Waals surface area contributed by atoms with Crippen LogP contribution in [0.4, 0.5) is 5.69 Å². The lowest BCUT2D eigenvalue weighted by Crippen LogP contribution is -2.27. The van der Waals surface area contributed by atoms with Crippen molar-refractivity contribution in [3.63, 3.8) is 0 Å². The van der Waals surface area contributed by atoms with E-state index in [1.165, 1.54) is 12.3 Å². The Balaban J connectivity index is 2.34. The highest BCUT2D eigenvalue weighted by molar-refractivity contribution is 6.04. The molecule has 0 N–H and O–H groups in total. The summed E-state index contributed by atoms with van der Waals surface area (Å²) in [6.07, 6.45) is 1.47. The van der Waals surface area contributed by atoms with Gasteiger partial charge in [-0.3, -0.25) is 9.78 Å². The van der Waals surface area contributed by atoms with Crippen molar-refractivity contribution >= 4 is 11.6 Å². The lowest BCUT2D eigenvalue weighted by molar-refractivity contribution is 0.0988. The number of anilines is 1. The van der Waals surface area contributed by atoms with Crippen molar-refractivity contribution in [2.24, 2.45) is 0 Å². The number of hydrogen-bond donors (Lipinski definition) is 0. The second kappa shape index (κ2) is 5.32. The average molecular weight is 251 g/mol. The van der Waals surface area contributed by atoms with Crippen molar-refractivity contribution < 1.29 is 4.79 Å². The molecule has 0 bridgehead atoms. The fraction of sp³-hybridized carbons (Fsp3) is 0.133. The first-order valence-electron chi connectivity index (χ1n) is 5.83. The molecule has 1 aromatic heterocycles. The first-order valence-corrected chi connectivity index (χ1v) is 5.83. The van der Waals surface area contributed by atoms with E-state index in [1.807, 2.05) is 37.3 Å². The minimum absolute atomic E-state index is 0.230. The summed E-state index contributed by atoms with van der Waals surface area (Å²) in [5, 5.41) is 8.84. The maximum Gasteiger partial charge on any atom is 0.276 e. The van der Waals surface area contributed by atoms with Gasteiger partial charge in [0.05, 0.1) is 11.6 Å². The van der Waals surface area contributed by atoms with Crippen molar-refractivity contribution in [3.05, 3.63) is 59.4 Å². The highest BCUT2D eigenvalue weighted by Crippen LogP contribution is 2.19. The molecule has 94 valence electrons. The van der Waals surface area contributed by atoms with Gasteiger partial charge in [-0.05, 0) is 30.7 Å². The number of nitriles is 1. The molecule has 0 saturated heterocycles. The number of rotatable bonds is 2. The van der Waals surface area contributed by atoms with E-state index in [0.29, 0.717) is 5.56 Å². The lowest BCUT2D eigenvalue weighted by Gasteiger charge is -2.19. The van der Waals surface area contributed by atoms with Crippen molar-refractivity contribution in [1.82, 2.24) is 4.98 Å². The second-order valence-electron chi connectivity index (χ2n) is 4.19. The van der Waals surface area contributed by atoms with Gasteiger partial charge in [0.2, 0.25) is 0 Å². The molecule has 2 rings (SSSR count). The maximum atomic E-state index is 12.3. The summed E-state index contributed by atoms with van der Waals surface area (Å²) in [7, 11) is 1.70. The first kappa shape index (κ1) is 12.8. The number of aromatic nitrogens is 1. The average Bonchev–Trinajstić information content (AvgIpc) is 2.46. The van der Waals surface area contributed by atoms with E-state index in [4.69, 9.17) is 5.26 Å². The van der Waals surface area contributed by atoms with Gasteiger partial charge in [-0.25, -0.2) is 0 Å². The molecule has 0 atom stereocenters. The smallest absolute Gasteiger partial charge is 0.276 e. The molecule has 0 saturated carbocycles. The van der Waals surface area contributed by atoms with Crippen LogP contribution in [-0.2, 0) is 0 Å². The Labute approximate surface area is 111 Å². The number of amides is 1. The number of carbonyl (C=O) groups is 1. The summed E-state index contributed by atoms with van der Waals surface area (Å²) in [6.45, 7) is 1.94. The molecule has 1 aromatic carbocycles. The van der Waals surface area contributed by atoms with Gasteiger partial charge in [-0.15, -0.1) is 0 Å².